The van der Waals surface area contributed by atoms with Crippen LogP contribution in [0.4, 0.5) is 0 Å². The highest BCUT2D eigenvalue weighted by Crippen LogP contribution is 2.15. The summed E-state index contributed by atoms with van der Waals surface area (Å²) in [5.74, 6) is -0.162. The Morgan fingerprint density at radius 1 is 0.923 bits per heavy atom. The van der Waals surface area contributed by atoms with Crippen LogP contribution < -0.4 is 5.32 Å². The van der Waals surface area contributed by atoms with Crippen molar-refractivity contribution < 1.29 is 9.21 Å². The Bertz CT molecular complexity index is 840. The maximum absolute atomic E-state index is 12.3. The van der Waals surface area contributed by atoms with Crippen LogP contribution >= 0.6 is 28.1 Å². The molecule has 3 rings (SSSR count). The number of rotatable bonds is 5. The van der Waals surface area contributed by atoms with Gasteiger partial charge in [0, 0.05) is 13.1 Å². The third-order valence-corrected chi connectivity index (χ3v) is 4.52. The van der Waals surface area contributed by atoms with Crippen molar-refractivity contribution in [1.82, 2.24) is 10.2 Å². The van der Waals surface area contributed by atoms with Gasteiger partial charge in [0.1, 0.15) is 0 Å². The molecule has 2 aromatic carbocycles. The minimum Gasteiger partial charge on any atom is -0.444 e. The second-order valence-corrected chi connectivity index (χ2v) is 6.86. The first-order valence-corrected chi connectivity index (χ1v) is 9.25. The topological polar surface area (TPSA) is 45.5 Å². The van der Waals surface area contributed by atoms with Crippen LogP contribution in [0.1, 0.15) is 21.7 Å². The number of halogens is 1. The molecule has 0 fully saturated rings. The van der Waals surface area contributed by atoms with Crippen molar-refractivity contribution in [1.29, 1.82) is 0 Å². The second-order valence-electron chi connectivity index (χ2n) is 5.69. The maximum Gasteiger partial charge on any atom is 0.293 e. The molecular formula is C20H17BrN2O2S. The van der Waals surface area contributed by atoms with E-state index in [9.17, 15) is 4.79 Å². The third kappa shape index (κ3) is 5.03. The zero-order chi connectivity index (χ0) is 18.4. The smallest absolute Gasteiger partial charge is 0.293 e. The quantitative estimate of drug-likeness (QED) is 0.595. The molecule has 1 amide bonds. The van der Waals surface area contributed by atoms with Crippen LogP contribution in [0.25, 0.3) is 0 Å². The molecule has 0 aliphatic carbocycles. The van der Waals surface area contributed by atoms with Gasteiger partial charge < -0.3 is 9.32 Å². The lowest BCUT2D eigenvalue weighted by molar-refractivity contribution is 0.0944. The predicted molar refractivity (Wildman–Crippen MR) is 109 cm³/mol. The number of carbonyl (C=O) groups excluding carboxylic acids is 1. The first-order valence-electron chi connectivity index (χ1n) is 8.05. The fourth-order valence-corrected chi connectivity index (χ4v) is 3.01. The summed E-state index contributed by atoms with van der Waals surface area (Å²) in [6.07, 6.45) is 0. The van der Waals surface area contributed by atoms with Gasteiger partial charge >= 0.3 is 0 Å². The fourth-order valence-electron chi connectivity index (χ4n) is 2.48. The van der Waals surface area contributed by atoms with Crippen molar-refractivity contribution in [3.05, 3.63) is 94.4 Å². The van der Waals surface area contributed by atoms with Crippen molar-refractivity contribution in [3.63, 3.8) is 0 Å². The average molecular weight is 429 g/mol. The number of amides is 1. The molecule has 0 saturated heterocycles. The molecule has 132 valence electrons. The second kappa shape index (κ2) is 8.78. The molecule has 1 N–H and O–H groups in total. The summed E-state index contributed by atoms with van der Waals surface area (Å²) in [7, 11) is 0. The molecule has 0 saturated carbocycles. The molecule has 3 aromatic rings. The molecule has 6 heteroatoms. The van der Waals surface area contributed by atoms with Gasteiger partial charge in [-0.1, -0.05) is 60.7 Å². The van der Waals surface area contributed by atoms with Gasteiger partial charge in [0.05, 0.1) is 0 Å². The molecular weight excluding hydrogens is 412 g/mol. The van der Waals surface area contributed by atoms with Gasteiger partial charge in [-0.15, -0.1) is 0 Å². The lowest BCUT2D eigenvalue weighted by Gasteiger charge is -2.25. The third-order valence-electron chi connectivity index (χ3n) is 3.74. The highest BCUT2D eigenvalue weighted by Gasteiger charge is 2.17. The van der Waals surface area contributed by atoms with Crippen LogP contribution in [0.5, 0.6) is 0 Å². The largest absolute Gasteiger partial charge is 0.444 e. The standard InChI is InChI=1S/C20H17BrN2O2S/c21-18-12-11-17(25-18)19(24)22-20(26)23(13-15-7-3-1-4-8-15)14-16-9-5-2-6-10-16/h1-12H,13-14H2,(H,22,24,26). The fraction of sp³-hybridized carbons (Fsp3) is 0.100. The zero-order valence-corrected chi connectivity index (χ0v) is 16.3. The van der Waals surface area contributed by atoms with E-state index >= 15 is 0 Å². The van der Waals surface area contributed by atoms with Gasteiger partial charge in [0.15, 0.2) is 15.5 Å². The van der Waals surface area contributed by atoms with E-state index < -0.39 is 0 Å². The molecule has 1 heterocycles. The van der Waals surface area contributed by atoms with Gasteiger partial charge in [-0.3, -0.25) is 10.1 Å². The van der Waals surface area contributed by atoms with Gasteiger partial charge in [0.2, 0.25) is 0 Å². The summed E-state index contributed by atoms with van der Waals surface area (Å²) in [5, 5.41) is 3.11. The molecule has 0 atom stereocenters. The van der Waals surface area contributed by atoms with E-state index in [0.717, 1.165) is 11.1 Å². The van der Waals surface area contributed by atoms with E-state index in [2.05, 4.69) is 21.2 Å². The molecule has 0 unspecified atom stereocenters. The highest BCUT2D eigenvalue weighted by atomic mass is 79.9. The normalized spacial score (nSPS) is 10.3. The van der Waals surface area contributed by atoms with E-state index in [1.54, 1.807) is 12.1 Å². The van der Waals surface area contributed by atoms with Crippen molar-refractivity contribution in [3.8, 4) is 0 Å². The van der Waals surface area contributed by atoms with Crippen LogP contribution in [-0.2, 0) is 13.1 Å². The zero-order valence-electron chi connectivity index (χ0n) is 13.9. The van der Waals surface area contributed by atoms with Crippen molar-refractivity contribution in [2.45, 2.75) is 13.1 Å². The van der Waals surface area contributed by atoms with E-state index in [-0.39, 0.29) is 11.7 Å². The van der Waals surface area contributed by atoms with E-state index in [1.807, 2.05) is 65.6 Å². The van der Waals surface area contributed by atoms with Gasteiger partial charge in [-0.2, -0.15) is 0 Å². The number of thiocarbonyl (C=S) groups is 1. The van der Waals surface area contributed by atoms with Crippen molar-refractivity contribution in [2.24, 2.45) is 0 Å². The van der Waals surface area contributed by atoms with Crippen LogP contribution in [-0.4, -0.2) is 15.9 Å². The number of furan rings is 1. The van der Waals surface area contributed by atoms with Crippen molar-refractivity contribution in [2.75, 3.05) is 0 Å². The number of nitrogens with one attached hydrogen (secondary N) is 1. The summed E-state index contributed by atoms with van der Waals surface area (Å²) < 4.78 is 5.79. The molecule has 0 bridgehead atoms. The van der Waals surface area contributed by atoms with Crippen LogP contribution in [0.3, 0.4) is 0 Å². The minimum absolute atomic E-state index is 0.207. The van der Waals surface area contributed by atoms with Gasteiger partial charge in [0.25, 0.3) is 5.91 Å². The highest BCUT2D eigenvalue weighted by molar-refractivity contribution is 9.10. The molecule has 4 nitrogen and oxygen atoms in total. The van der Waals surface area contributed by atoms with Crippen LogP contribution in [0.2, 0.25) is 0 Å². The summed E-state index contributed by atoms with van der Waals surface area (Å²) in [5.41, 5.74) is 2.22. The Morgan fingerprint density at radius 2 is 1.46 bits per heavy atom. The molecule has 1 aromatic heterocycles. The summed E-state index contributed by atoms with van der Waals surface area (Å²) in [6, 6.07) is 23.3. The summed E-state index contributed by atoms with van der Waals surface area (Å²) >= 11 is 8.69. The molecule has 0 radical (unpaired) electrons. The molecule has 26 heavy (non-hydrogen) atoms. The van der Waals surface area contributed by atoms with Gasteiger partial charge in [-0.25, -0.2) is 0 Å². The molecule has 0 spiro atoms. The van der Waals surface area contributed by atoms with Gasteiger partial charge in [-0.05, 0) is 51.4 Å². The minimum atomic E-state index is -0.369. The van der Waals surface area contributed by atoms with E-state index in [0.29, 0.717) is 22.9 Å². The SMILES string of the molecule is O=C(NC(=S)N(Cc1ccccc1)Cc1ccccc1)c1ccc(Br)o1. The number of nitrogens with zero attached hydrogens (tertiary/aromatic N) is 1. The lowest BCUT2D eigenvalue weighted by atomic mass is 10.2. The van der Waals surface area contributed by atoms with Crippen molar-refractivity contribution >= 4 is 39.2 Å². The maximum atomic E-state index is 12.3. The lowest BCUT2D eigenvalue weighted by Crippen LogP contribution is -2.41. The summed E-state index contributed by atoms with van der Waals surface area (Å²) in [6.45, 7) is 1.19. The Morgan fingerprint density at radius 3 is 1.92 bits per heavy atom. The Kier molecular flexibility index (Phi) is 6.20. The van der Waals surface area contributed by atoms with E-state index in [4.69, 9.17) is 16.6 Å². The van der Waals surface area contributed by atoms with Crippen LogP contribution in [0.15, 0.2) is 81.9 Å². The predicted octanol–water partition coefficient (Wildman–Crippen LogP) is 4.76. The monoisotopic (exact) mass is 428 g/mol. The first kappa shape index (κ1) is 18.4. The molecule has 0 aliphatic rings. The van der Waals surface area contributed by atoms with E-state index in [1.165, 1.54) is 0 Å². The number of hydrogen-bond donors (Lipinski definition) is 1. The number of carbonyl (C=O) groups is 1. The van der Waals surface area contributed by atoms with Crippen LogP contribution in [0, 0.1) is 0 Å². The first-order chi connectivity index (χ1) is 12.6. The number of hydrogen-bond acceptors (Lipinski definition) is 3. The Hall–Kier alpha value is -2.44. The Balaban J connectivity index is 1.75. The number of benzene rings is 2. The average Bonchev–Trinajstić information content (AvgIpc) is 3.09. The summed E-state index contributed by atoms with van der Waals surface area (Å²) in [4.78, 5) is 14.3. The Labute approximate surface area is 165 Å². The molecule has 0 aliphatic heterocycles.